The Kier molecular flexibility index (Phi) is 14.7. The molecule has 35 heavy (non-hydrogen) atoms. The van der Waals surface area contributed by atoms with Gasteiger partial charge >= 0.3 is 0 Å². The lowest BCUT2D eigenvalue weighted by Gasteiger charge is -2.16. The molecule has 0 atom stereocenters. The van der Waals surface area contributed by atoms with Crippen molar-refractivity contribution in [3.63, 3.8) is 0 Å². The van der Waals surface area contributed by atoms with E-state index < -0.39 is 0 Å². The van der Waals surface area contributed by atoms with E-state index in [1.807, 2.05) is 77.9 Å². The summed E-state index contributed by atoms with van der Waals surface area (Å²) in [6.07, 6.45) is 4.75. The van der Waals surface area contributed by atoms with Crippen LogP contribution >= 0.6 is 0 Å². The molecule has 0 aliphatic rings. The van der Waals surface area contributed by atoms with Crippen molar-refractivity contribution in [2.75, 3.05) is 13.7 Å². The summed E-state index contributed by atoms with van der Waals surface area (Å²) >= 11 is 0. The molecular formula is C30H43N3O2. The van der Waals surface area contributed by atoms with Gasteiger partial charge < -0.3 is 9.47 Å². The molecule has 0 bridgehead atoms. The van der Waals surface area contributed by atoms with Gasteiger partial charge in [-0.15, -0.1) is 0 Å². The number of aromatic nitrogens is 2. The van der Waals surface area contributed by atoms with Crippen molar-refractivity contribution < 1.29 is 9.47 Å². The molecule has 5 heteroatoms. The van der Waals surface area contributed by atoms with E-state index >= 15 is 0 Å². The van der Waals surface area contributed by atoms with E-state index in [0.29, 0.717) is 13.2 Å². The average molecular weight is 478 g/mol. The van der Waals surface area contributed by atoms with Gasteiger partial charge in [0.15, 0.2) is 0 Å². The number of unbranched alkanes of at least 4 members (excludes halogenated alkanes) is 1. The molecule has 0 aliphatic heterocycles. The zero-order chi connectivity index (χ0) is 26.1. The molecule has 0 radical (unpaired) electrons. The summed E-state index contributed by atoms with van der Waals surface area (Å²) in [6, 6.07) is 16.1. The molecule has 0 spiro atoms. The van der Waals surface area contributed by atoms with Gasteiger partial charge in [0.1, 0.15) is 31.0 Å². The number of hydrogen-bond donors (Lipinski definition) is 0. The van der Waals surface area contributed by atoms with E-state index in [2.05, 4.69) is 34.0 Å². The number of rotatable bonds is 10. The Morgan fingerprint density at radius 3 is 2.29 bits per heavy atom. The second kappa shape index (κ2) is 17.3. The lowest BCUT2D eigenvalue weighted by atomic mass is 10.0. The standard InChI is InChI=1S/C26H31N3O2.2C2H6/c1-5-6-12-23-26(20(3)28-18-29-23)24(27-4)17-31-25-15-22(14-13-19(25)2)30-16-21-10-8-7-9-11-21;2*1-2/h7-11,13-15,18H,5-6,12,16-17H2,1-4H3;2*1-2H3. The highest BCUT2D eigenvalue weighted by Crippen LogP contribution is 2.25. The second-order valence-corrected chi connectivity index (χ2v) is 7.54. The molecule has 0 amide bonds. The van der Waals surface area contributed by atoms with Crippen LogP contribution in [0.15, 0.2) is 59.9 Å². The van der Waals surface area contributed by atoms with Crippen LogP contribution in [0.25, 0.3) is 0 Å². The van der Waals surface area contributed by atoms with Gasteiger partial charge in [0.05, 0.1) is 17.1 Å². The molecule has 0 N–H and O–H groups in total. The number of benzene rings is 2. The molecule has 3 aromatic rings. The van der Waals surface area contributed by atoms with Crippen LogP contribution in [0.5, 0.6) is 11.5 Å². The molecule has 190 valence electrons. The number of aryl methyl sites for hydroxylation is 3. The van der Waals surface area contributed by atoms with Crippen LogP contribution in [0, 0.1) is 13.8 Å². The van der Waals surface area contributed by atoms with Crippen LogP contribution in [0.1, 0.15) is 75.5 Å². The maximum atomic E-state index is 6.19. The summed E-state index contributed by atoms with van der Waals surface area (Å²) in [6.45, 7) is 15.1. The lowest BCUT2D eigenvalue weighted by Crippen LogP contribution is -2.18. The summed E-state index contributed by atoms with van der Waals surface area (Å²) in [5, 5.41) is 0. The molecule has 0 aliphatic carbocycles. The van der Waals surface area contributed by atoms with Crippen LogP contribution in [0.4, 0.5) is 0 Å². The summed E-state index contributed by atoms with van der Waals surface area (Å²) in [5.41, 5.74) is 6.02. The van der Waals surface area contributed by atoms with Crippen LogP contribution in [0.2, 0.25) is 0 Å². The Morgan fingerprint density at radius 1 is 0.914 bits per heavy atom. The van der Waals surface area contributed by atoms with Gasteiger partial charge in [-0.3, -0.25) is 4.99 Å². The highest BCUT2D eigenvalue weighted by Gasteiger charge is 2.15. The molecule has 0 saturated heterocycles. The topological polar surface area (TPSA) is 56.6 Å². The first-order chi connectivity index (χ1) is 17.1. The highest BCUT2D eigenvalue weighted by atomic mass is 16.5. The number of nitrogens with zero attached hydrogens (tertiary/aromatic N) is 3. The third kappa shape index (κ3) is 9.51. The summed E-state index contributed by atoms with van der Waals surface area (Å²) in [7, 11) is 1.79. The average Bonchev–Trinajstić information content (AvgIpc) is 2.91. The molecule has 3 rings (SSSR count). The van der Waals surface area contributed by atoms with Crippen molar-refractivity contribution in [3.05, 3.63) is 82.9 Å². The Morgan fingerprint density at radius 2 is 1.63 bits per heavy atom. The molecule has 0 saturated carbocycles. The minimum Gasteiger partial charge on any atom is -0.489 e. The minimum absolute atomic E-state index is 0.354. The van der Waals surface area contributed by atoms with E-state index in [4.69, 9.17) is 9.47 Å². The first-order valence-corrected chi connectivity index (χ1v) is 12.8. The normalized spacial score (nSPS) is 10.5. The fraction of sp³-hybridized carbons (Fsp3) is 0.433. The van der Waals surface area contributed by atoms with Crippen LogP contribution < -0.4 is 9.47 Å². The van der Waals surface area contributed by atoms with Crippen molar-refractivity contribution in [3.8, 4) is 11.5 Å². The largest absolute Gasteiger partial charge is 0.489 e. The second-order valence-electron chi connectivity index (χ2n) is 7.54. The Balaban J connectivity index is 0.00000145. The zero-order valence-electron chi connectivity index (χ0n) is 22.9. The molecule has 5 nitrogen and oxygen atoms in total. The number of aliphatic imine (C=N–C) groups is 1. The van der Waals surface area contributed by atoms with E-state index in [9.17, 15) is 0 Å². The number of hydrogen-bond acceptors (Lipinski definition) is 5. The Bertz CT molecular complexity index is 1020. The molecular weight excluding hydrogens is 434 g/mol. The molecule has 0 unspecified atom stereocenters. The third-order valence-electron chi connectivity index (χ3n) is 5.21. The zero-order valence-corrected chi connectivity index (χ0v) is 22.9. The lowest BCUT2D eigenvalue weighted by molar-refractivity contribution is 0.302. The monoisotopic (exact) mass is 477 g/mol. The quantitative estimate of drug-likeness (QED) is 0.283. The molecule has 2 aromatic carbocycles. The first-order valence-electron chi connectivity index (χ1n) is 12.8. The highest BCUT2D eigenvalue weighted by molar-refractivity contribution is 6.03. The van der Waals surface area contributed by atoms with Gasteiger partial charge in [0.2, 0.25) is 0 Å². The SMILES string of the molecule is CC.CC.CCCCc1ncnc(C)c1C(COc1cc(OCc2ccccc2)ccc1C)=NC. The predicted octanol–water partition coefficient (Wildman–Crippen LogP) is 7.57. The fourth-order valence-corrected chi connectivity index (χ4v) is 3.39. The van der Waals surface area contributed by atoms with Gasteiger partial charge in [-0.2, -0.15) is 0 Å². The number of ether oxygens (including phenoxy) is 2. The maximum Gasteiger partial charge on any atom is 0.130 e. The van der Waals surface area contributed by atoms with Gasteiger partial charge in [-0.1, -0.05) is 77.4 Å². The molecule has 1 aromatic heterocycles. The van der Waals surface area contributed by atoms with Crippen LogP contribution in [-0.2, 0) is 13.0 Å². The van der Waals surface area contributed by atoms with E-state index in [0.717, 1.165) is 64.6 Å². The smallest absolute Gasteiger partial charge is 0.130 e. The van der Waals surface area contributed by atoms with Crippen molar-refractivity contribution >= 4 is 5.71 Å². The van der Waals surface area contributed by atoms with Gasteiger partial charge in [0.25, 0.3) is 0 Å². The van der Waals surface area contributed by atoms with Crippen molar-refractivity contribution in [2.45, 2.75) is 74.3 Å². The van der Waals surface area contributed by atoms with E-state index in [1.54, 1.807) is 13.4 Å². The molecule has 1 heterocycles. The van der Waals surface area contributed by atoms with Gasteiger partial charge in [-0.25, -0.2) is 9.97 Å². The van der Waals surface area contributed by atoms with Crippen molar-refractivity contribution in [2.24, 2.45) is 4.99 Å². The fourth-order valence-electron chi connectivity index (χ4n) is 3.39. The van der Waals surface area contributed by atoms with Gasteiger partial charge in [-0.05, 0) is 43.9 Å². The van der Waals surface area contributed by atoms with Crippen molar-refractivity contribution in [1.29, 1.82) is 0 Å². The summed E-state index contributed by atoms with van der Waals surface area (Å²) < 4.78 is 12.1. The van der Waals surface area contributed by atoms with Crippen molar-refractivity contribution in [1.82, 2.24) is 9.97 Å². The van der Waals surface area contributed by atoms with Crippen LogP contribution in [0.3, 0.4) is 0 Å². The first kappa shape index (κ1) is 29.8. The van der Waals surface area contributed by atoms with E-state index in [-0.39, 0.29) is 0 Å². The summed E-state index contributed by atoms with van der Waals surface area (Å²) in [5.74, 6) is 1.57. The molecule has 0 fully saturated rings. The maximum absolute atomic E-state index is 6.19. The Labute approximate surface area is 212 Å². The van der Waals surface area contributed by atoms with E-state index in [1.165, 1.54) is 0 Å². The minimum atomic E-state index is 0.354. The van der Waals surface area contributed by atoms with Gasteiger partial charge in [0, 0.05) is 18.7 Å². The third-order valence-corrected chi connectivity index (χ3v) is 5.21. The predicted molar refractivity (Wildman–Crippen MR) is 148 cm³/mol. The van der Waals surface area contributed by atoms with Crippen LogP contribution in [-0.4, -0.2) is 29.3 Å². The Hall–Kier alpha value is -3.21. The summed E-state index contributed by atoms with van der Waals surface area (Å²) in [4.78, 5) is 13.4.